The predicted molar refractivity (Wildman–Crippen MR) is 148 cm³/mol. The van der Waals surface area contributed by atoms with Gasteiger partial charge in [-0.15, -0.1) is 11.3 Å². The summed E-state index contributed by atoms with van der Waals surface area (Å²) < 4.78 is 6.91. The Kier molecular flexibility index (Phi) is 6.72. The number of thiazole rings is 1. The number of hydrogen-bond acceptors (Lipinski definition) is 5. The number of furan rings is 1. The molecule has 0 saturated carbocycles. The zero-order chi connectivity index (χ0) is 24.2. The highest BCUT2D eigenvalue weighted by atomic mass is 35.5. The topological polar surface area (TPSA) is 67.2 Å². The van der Waals surface area contributed by atoms with Crippen molar-refractivity contribution in [2.75, 3.05) is 5.32 Å². The van der Waals surface area contributed by atoms with Crippen LogP contribution >= 0.6 is 35.2 Å². The van der Waals surface area contributed by atoms with E-state index in [1.165, 1.54) is 6.08 Å². The van der Waals surface area contributed by atoms with Gasteiger partial charge in [-0.1, -0.05) is 35.9 Å². The number of fused-ring (bicyclic) bond motifs is 1. The molecule has 0 fully saturated rings. The molecule has 3 aromatic carbocycles. The fourth-order valence-electron chi connectivity index (χ4n) is 3.41. The summed E-state index contributed by atoms with van der Waals surface area (Å²) in [6, 6.07) is 26.7. The molecule has 0 aliphatic heterocycles. The van der Waals surface area contributed by atoms with Gasteiger partial charge in [0.1, 0.15) is 16.5 Å². The highest BCUT2D eigenvalue weighted by Gasteiger charge is 2.08. The number of halogens is 1. The van der Waals surface area contributed by atoms with Crippen LogP contribution in [0.3, 0.4) is 0 Å². The van der Waals surface area contributed by atoms with Gasteiger partial charge in [0, 0.05) is 27.9 Å². The molecule has 2 N–H and O–H groups in total. The van der Waals surface area contributed by atoms with Crippen LogP contribution in [0.4, 0.5) is 5.69 Å². The van der Waals surface area contributed by atoms with Crippen molar-refractivity contribution in [2.45, 2.75) is 0 Å². The van der Waals surface area contributed by atoms with E-state index in [0.717, 1.165) is 32.0 Å². The molecule has 5 nitrogen and oxygen atoms in total. The van der Waals surface area contributed by atoms with Gasteiger partial charge in [0.2, 0.25) is 5.91 Å². The van der Waals surface area contributed by atoms with Crippen LogP contribution in [0.2, 0.25) is 5.02 Å². The van der Waals surface area contributed by atoms with E-state index in [2.05, 4.69) is 16.7 Å². The molecule has 35 heavy (non-hydrogen) atoms. The lowest BCUT2D eigenvalue weighted by Crippen LogP contribution is -2.32. The van der Waals surface area contributed by atoms with E-state index in [0.29, 0.717) is 16.5 Å². The fourth-order valence-corrected chi connectivity index (χ4v) is 4.72. The Bertz CT molecular complexity index is 1520. The molecule has 1 amide bonds. The Morgan fingerprint density at radius 1 is 0.971 bits per heavy atom. The largest absolute Gasteiger partial charge is 0.457 e. The summed E-state index contributed by atoms with van der Waals surface area (Å²) in [6.07, 6.45) is 2.96. The van der Waals surface area contributed by atoms with Crippen LogP contribution in [-0.2, 0) is 4.79 Å². The molecule has 0 saturated heterocycles. The Hall–Kier alpha value is -3.78. The van der Waals surface area contributed by atoms with E-state index in [1.54, 1.807) is 35.6 Å². The molecule has 0 aliphatic rings. The van der Waals surface area contributed by atoms with E-state index in [1.807, 2.05) is 60.7 Å². The van der Waals surface area contributed by atoms with Crippen molar-refractivity contribution in [1.29, 1.82) is 0 Å². The molecule has 0 spiro atoms. The zero-order valence-corrected chi connectivity index (χ0v) is 20.6. The number of thiocarbonyl (C=S) groups is 1. The number of nitrogens with zero attached hydrogens (tertiary/aromatic N) is 1. The summed E-state index contributed by atoms with van der Waals surface area (Å²) in [6.45, 7) is 0. The average molecular weight is 516 g/mol. The van der Waals surface area contributed by atoms with Crippen molar-refractivity contribution in [1.82, 2.24) is 10.3 Å². The van der Waals surface area contributed by atoms with Crippen molar-refractivity contribution < 1.29 is 9.21 Å². The molecule has 5 aromatic rings. The average Bonchev–Trinajstić information content (AvgIpc) is 3.51. The molecule has 5 rings (SSSR count). The number of amides is 1. The molecule has 0 atom stereocenters. The van der Waals surface area contributed by atoms with Gasteiger partial charge in [-0.2, -0.15) is 0 Å². The second-order valence-electron chi connectivity index (χ2n) is 7.55. The van der Waals surface area contributed by atoms with Gasteiger partial charge in [0.25, 0.3) is 0 Å². The van der Waals surface area contributed by atoms with Gasteiger partial charge < -0.3 is 9.73 Å². The summed E-state index contributed by atoms with van der Waals surface area (Å²) in [5.74, 6) is 0.869. The van der Waals surface area contributed by atoms with Crippen molar-refractivity contribution in [2.24, 2.45) is 0 Å². The first kappa shape index (κ1) is 23.0. The SMILES string of the molecule is O=C(C=Cc1ccc(-c2ccc(Cl)cc2)o1)NC(=S)Nc1cccc(-c2nc3ccccc3s2)c1. The van der Waals surface area contributed by atoms with Gasteiger partial charge in [0.05, 0.1) is 10.2 Å². The smallest absolute Gasteiger partial charge is 0.250 e. The number of benzene rings is 3. The third kappa shape index (κ3) is 5.66. The highest BCUT2D eigenvalue weighted by molar-refractivity contribution is 7.80. The number of rotatable bonds is 5. The lowest BCUT2D eigenvalue weighted by Gasteiger charge is -2.09. The lowest BCUT2D eigenvalue weighted by molar-refractivity contribution is -0.115. The van der Waals surface area contributed by atoms with E-state index < -0.39 is 0 Å². The molecule has 0 radical (unpaired) electrons. The predicted octanol–water partition coefficient (Wildman–Crippen LogP) is 7.40. The minimum Gasteiger partial charge on any atom is -0.457 e. The highest BCUT2D eigenvalue weighted by Crippen LogP contribution is 2.31. The third-order valence-electron chi connectivity index (χ3n) is 5.05. The molecule has 8 heteroatoms. The van der Waals surface area contributed by atoms with Crippen molar-refractivity contribution in [3.8, 4) is 21.9 Å². The van der Waals surface area contributed by atoms with E-state index in [9.17, 15) is 4.79 Å². The normalized spacial score (nSPS) is 11.1. The maximum Gasteiger partial charge on any atom is 0.250 e. The molecule has 2 heterocycles. The Balaban J connectivity index is 1.20. The second kappa shape index (κ2) is 10.2. The van der Waals surface area contributed by atoms with Crippen LogP contribution in [0.5, 0.6) is 0 Å². The lowest BCUT2D eigenvalue weighted by atomic mass is 10.2. The van der Waals surface area contributed by atoms with Crippen LogP contribution in [0.25, 0.3) is 38.2 Å². The summed E-state index contributed by atoms with van der Waals surface area (Å²) in [5.41, 5.74) is 3.60. The first-order valence-corrected chi connectivity index (χ1v) is 12.3. The second-order valence-corrected chi connectivity index (χ2v) is 9.43. The van der Waals surface area contributed by atoms with Crippen LogP contribution in [0.15, 0.2) is 95.4 Å². The molecule has 2 aromatic heterocycles. The number of aromatic nitrogens is 1. The van der Waals surface area contributed by atoms with Crippen LogP contribution in [0.1, 0.15) is 5.76 Å². The number of anilines is 1. The van der Waals surface area contributed by atoms with Crippen LogP contribution < -0.4 is 10.6 Å². The van der Waals surface area contributed by atoms with E-state index >= 15 is 0 Å². The standard InChI is InChI=1S/C27H18ClN3O2S2/c28-19-10-8-17(9-11-19)23-14-12-21(33-23)13-15-25(32)31-27(34)29-20-5-3-4-18(16-20)26-30-22-6-1-2-7-24(22)35-26/h1-16H,(H2,29,31,32,34). The maximum atomic E-state index is 12.3. The van der Waals surface area contributed by atoms with Gasteiger partial charge in [-0.05, 0) is 79.0 Å². The van der Waals surface area contributed by atoms with Crippen molar-refractivity contribution in [3.05, 3.63) is 102 Å². The third-order valence-corrected chi connectivity index (χ3v) is 6.59. The number of para-hydroxylation sites is 1. The van der Waals surface area contributed by atoms with E-state index in [4.69, 9.17) is 33.2 Å². The minimum absolute atomic E-state index is 0.197. The van der Waals surface area contributed by atoms with Crippen molar-refractivity contribution >= 4 is 68.2 Å². The first-order chi connectivity index (χ1) is 17.0. The summed E-state index contributed by atoms with van der Waals surface area (Å²) in [4.78, 5) is 17.0. The van der Waals surface area contributed by atoms with Crippen molar-refractivity contribution in [3.63, 3.8) is 0 Å². The van der Waals surface area contributed by atoms with Gasteiger partial charge in [-0.3, -0.25) is 10.1 Å². The number of carbonyl (C=O) groups excluding carboxylic acids is 1. The maximum absolute atomic E-state index is 12.3. The van der Waals surface area contributed by atoms with Gasteiger partial charge in [0.15, 0.2) is 5.11 Å². The van der Waals surface area contributed by atoms with Gasteiger partial charge >= 0.3 is 0 Å². The first-order valence-electron chi connectivity index (χ1n) is 10.7. The molecule has 172 valence electrons. The quantitative estimate of drug-likeness (QED) is 0.188. The molecular weight excluding hydrogens is 498 g/mol. The number of hydrogen-bond donors (Lipinski definition) is 2. The molecule has 0 unspecified atom stereocenters. The van der Waals surface area contributed by atoms with Crippen LogP contribution in [0, 0.1) is 0 Å². The van der Waals surface area contributed by atoms with Gasteiger partial charge in [-0.25, -0.2) is 4.98 Å². The monoisotopic (exact) mass is 515 g/mol. The number of nitrogens with one attached hydrogen (secondary N) is 2. The molecule has 0 aliphatic carbocycles. The summed E-state index contributed by atoms with van der Waals surface area (Å²) in [7, 11) is 0. The Morgan fingerprint density at radius 3 is 2.63 bits per heavy atom. The number of carbonyl (C=O) groups is 1. The molecule has 0 bridgehead atoms. The minimum atomic E-state index is -0.366. The molecular formula is C27H18ClN3O2S2. The summed E-state index contributed by atoms with van der Waals surface area (Å²) >= 11 is 12.9. The fraction of sp³-hybridized carbons (Fsp3) is 0. The van der Waals surface area contributed by atoms with Crippen LogP contribution in [-0.4, -0.2) is 16.0 Å². The summed E-state index contributed by atoms with van der Waals surface area (Å²) in [5, 5.41) is 7.48. The van der Waals surface area contributed by atoms with E-state index in [-0.39, 0.29) is 11.0 Å². The Labute approximate surface area is 216 Å². The Morgan fingerprint density at radius 2 is 1.80 bits per heavy atom. The zero-order valence-electron chi connectivity index (χ0n) is 18.2.